The smallest absolute Gasteiger partial charge is 0.320 e. The fraction of sp³-hybridized carbons (Fsp3) is 0.971. The van der Waals surface area contributed by atoms with Crippen molar-refractivity contribution in [3.63, 3.8) is 0 Å². The third-order valence-electron chi connectivity index (χ3n) is 7.67. The molecule has 0 bridgehead atoms. The van der Waals surface area contributed by atoms with E-state index in [0.717, 1.165) is 26.1 Å². The van der Waals surface area contributed by atoms with Crippen LogP contribution in [0.3, 0.4) is 0 Å². The molecule has 0 saturated heterocycles. The van der Waals surface area contributed by atoms with Gasteiger partial charge in [0.1, 0.15) is 12.7 Å². The minimum absolute atomic E-state index is 0.170. The minimum Gasteiger partial charge on any atom is -0.462 e. The van der Waals surface area contributed by atoms with Crippen molar-refractivity contribution in [2.45, 2.75) is 174 Å². The van der Waals surface area contributed by atoms with Crippen molar-refractivity contribution in [2.24, 2.45) is 0 Å². The number of hydrogen-bond acceptors (Lipinski definition) is 5. The first-order chi connectivity index (χ1) is 19.6. The molecule has 0 fully saturated rings. The minimum atomic E-state index is -0.204. The molecular weight excluding hydrogens is 498 g/mol. The number of esters is 1. The number of unbranched alkanes of at least 4 members (excludes halogenated alkanes) is 22. The lowest BCUT2D eigenvalue weighted by atomic mass is 10.1. The normalized spacial score (nSPS) is 12.3. The van der Waals surface area contributed by atoms with E-state index in [0.29, 0.717) is 13.2 Å². The first-order valence-corrected chi connectivity index (χ1v) is 17.6. The van der Waals surface area contributed by atoms with Gasteiger partial charge in [0.25, 0.3) is 0 Å². The van der Waals surface area contributed by atoms with Crippen LogP contribution in [-0.4, -0.2) is 64.0 Å². The topological polar surface area (TPSA) is 48.0 Å². The number of ether oxygens (including phenoxy) is 3. The molecule has 0 amide bonds. The third-order valence-corrected chi connectivity index (χ3v) is 7.67. The van der Waals surface area contributed by atoms with Crippen molar-refractivity contribution in [2.75, 3.05) is 47.1 Å². The van der Waals surface area contributed by atoms with Gasteiger partial charge in [-0.25, -0.2) is 0 Å². The molecule has 5 nitrogen and oxygen atoms in total. The molecule has 0 heterocycles. The quantitative estimate of drug-likeness (QED) is 0.0581. The lowest BCUT2D eigenvalue weighted by molar-refractivity contribution is -0.150. The van der Waals surface area contributed by atoms with E-state index in [-0.39, 0.29) is 18.7 Å². The fourth-order valence-electron chi connectivity index (χ4n) is 5.09. The van der Waals surface area contributed by atoms with Gasteiger partial charge in [0.2, 0.25) is 0 Å². The summed E-state index contributed by atoms with van der Waals surface area (Å²) >= 11 is 0. The van der Waals surface area contributed by atoms with E-state index in [9.17, 15) is 4.79 Å². The van der Waals surface area contributed by atoms with Gasteiger partial charge in [0, 0.05) is 13.2 Å². The highest BCUT2D eigenvalue weighted by Gasteiger charge is 2.14. The zero-order valence-electron chi connectivity index (χ0n) is 27.7. The average Bonchev–Trinajstić information content (AvgIpc) is 2.93. The molecule has 0 aliphatic carbocycles. The summed E-state index contributed by atoms with van der Waals surface area (Å²) in [7, 11) is 3.75. The van der Waals surface area contributed by atoms with E-state index in [1.807, 2.05) is 19.0 Å². The zero-order valence-corrected chi connectivity index (χ0v) is 27.7. The highest BCUT2D eigenvalue weighted by Crippen LogP contribution is 2.13. The van der Waals surface area contributed by atoms with Gasteiger partial charge in [0.05, 0.1) is 13.2 Å². The Hall–Kier alpha value is -0.650. The first-order valence-electron chi connectivity index (χ1n) is 17.6. The molecule has 0 aromatic carbocycles. The standard InChI is InChI=1S/C35H71NO4/c1-5-7-9-11-13-15-17-19-21-23-25-27-29-38-32-34(33-40-35(37)31-36(3)4)39-30-28-26-24-22-20-18-16-14-12-10-8-6-2/h34H,5-33H2,1-4H3. The molecule has 0 aliphatic heterocycles. The number of likely N-dealkylation sites (N-methyl/N-ethyl adjacent to an activating group) is 1. The largest absolute Gasteiger partial charge is 0.462 e. The first kappa shape index (κ1) is 39.4. The number of carbonyl (C=O) groups is 1. The van der Waals surface area contributed by atoms with Gasteiger partial charge < -0.3 is 14.2 Å². The Morgan fingerprint density at radius 2 is 0.900 bits per heavy atom. The van der Waals surface area contributed by atoms with Crippen molar-refractivity contribution < 1.29 is 19.0 Å². The Kier molecular flexibility index (Phi) is 32.3. The number of nitrogens with zero attached hydrogens (tertiary/aromatic N) is 1. The van der Waals surface area contributed by atoms with E-state index in [1.165, 1.54) is 141 Å². The van der Waals surface area contributed by atoms with Crippen LogP contribution in [0.1, 0.15) is 168 Å². The second kappa shape index (κ2) is 32.9. The van der Waals surface area contributed by atoms with E-state index < -0.39 is 0 Å². The molecule has 0 saturated carbocycles. The molecule has 5 heteroatoms. The lowest BCUT2D eigenvalue weighted by Gasteiger charge is -2.19. The maximum absolute atomic E-state index is 12.0. The van der Waals surface area contributed by atoms with Crippen LogP contribution >= 0.6 is 0 Å². The second-order valence-corrected chi connectivity index (χ2v) is 12.3. The van der Waals surface area contributed by atoms with Crippen LogP contribution < -0.4 is 0 Å². The Balaban J connectivity index is 3.83. The summed E-state index contributed by atoms with van der Waals surface area (Å²) < 4.78 is 17.5. The molecule has 0 rings (SSSR count). The molecular formula is C35H71NO4. The maximum Gasteiger partial charge on any atom is 0.320 e. The number of carbonyl (C=O) groups excluding carboxylic acids is 1. The number of hydrogen-bond donors (Lipinski definition) is 0. The summed E-state index contributed by atoms with van der Waals surface area (Å²) in [5.41, 5.74) is 0. The van der Waals surface area contributed by atoms with Crippen LogP contribution in [0.5, 0.6) is 0 Å². The highest BCUT2D eigenvalue weighted by molar-refractivity contribution is 5.71. The van der Waals surface area contributed by atoms with Gasteiger partial charge in [0.15, 0.2) is 0 Å². The molecule has 1 atom stereocenters. The fourth-order valence-corrected chi connectivity index (χ4v) is 5.09. The van der Waals surface area contributed by atoms with Crippen molar-refractivity contribution in [3.05, 3.63) is 0 Å². The Morgan fingerprint density at radius 1 is 0.525 bits per heavy atom. The van der Waals surface area contributed by atoms with Gasteiger partial charge in [-0.15, -0.1) is 0 Å². The van der Waals surface area contributed by atoms with Crippen molar-refractivity contribution in [3.8, 4) is 0 Å². The van der Waals surface area contributed by atoms with Gasteiger partial charge in [-0.1, -0.05) is 155 Å². The van der Waals surface area contributed by atoms with E-state index >= 15 is 0 Å². The lowest BCUT2D eigenvalue weighted by Crippen LogP contribution is -2.31. The molecule has 40 heavy (non-hydrogen) atoms. The van der Waals surface area contributed by atoms with Crippen LogP contribution in [0.2, 0.25) is 0 Å². The van der Waals surface area contributed by atoms with Gasteiger partial charge in [-0.3, -0.25) is 9.69 Å². The molecule has 0 aromatic heterocycles. The molecule has 0 spiro atoms. The van der Waals surface area contributed by atoms with Crippen LogP contribution in [0.4, 0.5) is 0 Å². The Labute approximate surface area is 250 Å². The van der Waals surface area contributed by atoms with Gasteiger partial charge in [-0.2, -0.15) is 0 Å². The van der Waals surface area contributed by atoms with Crippen molar-refractivity contribution >= 4 is 5.97 Å². The second-order valence-electron chi connectivity index (χ2n) is 12.3. The molecule has 0 radical (unpaired) electrons. The Bertz CT molecular complexity index is 500. The van der Waals surface area contributed by atoms with Crippen molar-refractivity contribution in [1.29, 1.82) is 0 Å². The van der Waals surface area contributed by atoms with E-state index in [2.05, 4.69) is 13.8 Å². The highest BCUT2D eigenvalue weighted by atomic mass is 16.6. The van der Waals surface area contributed by atoms with Gasteiger partial charge >= 0.3 is 5.97 Å². The summed E-state index contributed by atoms with van der Waals surface area (Å²) in [5, 5.41) is 0. The van der Waals surface area contributed by atoms with Crippen LogP contribution in [0.15, 0.2) is 0 Å². The van der Waals surface area contributed by atoms with E-state index in [1.54, 1.807) is 0 Å². The summed E-state index contributed by atoms with van der Waals surface area (Å²) in [4.78, 5) is 13.8. The van der Waals surface area contributed by atoms with E-state index in [4.69, 9.17) is 14.2 Å². The van der Waals surface area contributed by atoms with Crippen LogP contribution in [0, 0.1) is 0 Å². The molecule has 0 aliphatic rings. The predicted molar refractivity (Wildman–Crippen MR) is 172 cm³/mol. The third kappa shape index (κ3) is 31.9. The van der Waals surface area contributed by atoms with Crippen molar-refractivity contribution in [1.82, 2.24) is 4.90 Å². The predicted octanol–water partition coefficient (Wildman–Crippen LogP) is 9.90. The Morgan fingerprint density at radius 3 is 1.30 bits per heavy atom. The molecule has 240 valence electrons. The molecule has 0 N–H and O–H groups in total. The molecule has 1 unspecified atom stereocenters. The maximum atomic E-state index is 12.0. The summed E-state index contributed by atoms with van der Waals surface area (Å²) in [6.07, 6.45) is 32.0. The SMILES string of the molecule is CCCCCCCCCCCCCCOCC(COC(=O)CN(C)C)OCCCCCCCCCCCCCC. The van der Waals surface area contributed by atoms with Gasteiger partial charge in [-0.05, 0) is 26.9 Å². The monoisotopic (exact) mass is 570 g/mol. The average molecular weight is 570 g/mol. The summed E-state index contributed by atoms with van der Waals surface area (Å²) in [5.74, 6) is -0.204. The molecule has 0 aromatic rings. The van der Waals surface area contributed by atoms with Crippen LogP contribution in [0.25, 0.3) is 0 Å². The summed E-state index contributed by atoms with van der Waals surface area (Å²) in [6, 6.07) is 0. The zero-order chi connectivity index (χ0) is 29.4. The van der Waals surface area contributed by atoms with Crippen LogP contribution in [-0.2, 0) is 19.0 Å². The summed E-state index contributed by atoms with van der Waals surface area (Å²) in [6.45, 7) is 7.13. The number of rotatable bonds is 33.